The molecule has 0 aliphatic carbocycles. The van der Waals surface area contributed by atoms with E-state index in [4.69, 9.17) is 16.7 Å². The van der Waals surface area contributed by atoms with Gasteiger partial charge in [-0.25, -0.2) is 4.68 Å². The van der Waals surface area contributed by atoms with Crippen molar-refractivity contribution in [1.29, 1.82) is 0 Å². The molecule has 18 heavy (non-hydrogen) atoms. The number of carbonyl (C=O) groups is 1. The molecule has 1 aromatic carbocycles. The van der Waals surface area contributed by atoms with Gasteiger partial charge in [0, 0.05) is 5.02 Å². The van der Waals surface area contributed by atoms with Gasteiger partial charge in [-0.2, -0.15) is 0 Å². The molecule has 94 valence electrons. The Kier molecular flexibility index (Phi) is 3.09. The number of rotatable bonds is 3. The van der Waals surface area contributed by atoms with Crippen LogP contribution in [-0.2, 0) is 10.2 Å². The van der Waals surface area contributed by atoms with Crippen LogP contribution in [0.2, 0.25) is 5.02 Å². The van der Waals surface area contributed by atoms with Crippen molar-refractivity contribution in [3.8, 4) is 5.69 Å². The van der Waals surface area contributed by atoms with E-state index in [1.165, 1.54) is 4.68 Å². The number of hydrogen-bond donors (Lipinski definition) is 1. The summed E-state index contributed by atoms with van der Waals surface area (Å²) in [4.78, 5) is 11.1. The first-order valence-electron chi connectivity index (χ1n) is 5.33. The Hall–Kier alpha value is -1.88. The number of hydrogen-bond acceptors (Lipinski definition) is 3. The van der Waals surface area contributed by atoms with E-state index in [-0.39, 0.29) is 0 Å². The van der Waals surface area contributed by atoms with Crippen LogP contribution in [-0.4, -0.2) is 26.1 Å². The highest BCUT2D eigenvalue weighted by Gasteiger charge is 2.32. The molecule has 2 aromatic rings. The topological polar surface area (TPSA) is 68.0 Å². The molecular weight excluding hydrogens is 254 g/mol. The van der Waals surface area contributed by atoms with Crippen LogP contribution in [0.5, 0.6) is 0 Å². The van der Waals surface area contributed by atoms with Gasteiger partial charge in [-0.15, -0.1) is 5.10 Å². The van der Waals surface area contributed by atoms with Gasteiger partial charge < -0.3 is 5.11 Å². The van der Waals surface area contributed by atoms with Gasteiger partial charge in [-0.3, -0.25) is 4.79 Å². The van der Waals surface area contributed by atoms with Crippen LogP contribution in [0.4, 0.5) is 0 Å². The van der Waals surface area contributed by atoms with E-state index < -0.39 is 11.4 Å². The molecule has 2 rings (SSSR count). The Bertz CT molecular complexity index is 575. The first kappa shape index (κ1) is 12.6. The van der Waals surface area contributed by atoms with Crippen molar-refractivity contribution in [2.45, 2.75) is 19.3 Å². The third kappa shape index (κ3) is 2.22. The molecule has 0 spiro atoms. The molecule has 1 N–H and O–H groups in total. The maximum absolute atomic E-state index is 11.1. The Morgan fingerprint density at radius 3 is 2.50 bits per heavy atom. The lowest BCUT2D eigenvalue weighted by molar-refractivity contribution is -0.142. The molecular formula is C12H12ClN3O2. The second-order valence-electron chi connectivity index (χ2n) is 4.45. The van der Waals surface area contributed by atoms with Crippen molar-refractivity contribution in [3.05, 3.63) is 41.2 Å². The quantitative estimate of drug-likeness (QED) is 0.924. The predicted molar refractivity (Wildman–Crippen MR) is 67.0 cm³/mol. The number of halogens is 1. The summed E-state index contributed by atoms with van der Waals surface area (Å²) in [5, 5.41) is 17.6. The lowest BCUT2D eigenvalue weighted by atomic mass is 9.90. The van der Waals surface area contributed by atoms with E-state index in [0.717, 1.165) is 5.69 Å². The molecule has 0 saturated carbocycles. The van der Waals surface area contributed by atoms with Crippen molar-refractivity contribution in [1.82, 2.24) is 15.0 Å². The summed E-state index contributed by atoms with van der Waals surface area (Å²) in [6.45, 7) is 3.18. The maximum Gasteiger partial charge on any atom is 0.315 e. The zero-order valence-electron chi connectivity index (χ0n) is 9.96. The molecule has 6 heteroatoms. The monoisotopic (exact) mass is 265 g/mol. The molecule has 0 amide bonds. The molecule has 0 aliphatic rings. The average molecular weight is 266 g/mol. The van der Waals surface area contributed by atoms with E-state index in [9.17, 15) is 4.79 Å². The Balaban J connectivity index is 2.37. The van der Waals surface area contributed by atoms with Gasteiger partial charge >= 0.3 is 5.97 Å². The molecule has 0 aliphatic heterocycles. The van der Waals surface area contributed by atoms with Gasteiger partial charge in [-0.05, 0) is 38.1 Å². The van der Waals surface area contributed by atoms with E-state index in [2.05, 4.69) is 10.3 Å². The lowest BCUT2D eigenvalue weighted by Gasteiger charge is -2.14. The lowest BCUT2D eigenvalue weighted by Crippen LogP contribution is -2.28. The fourth-order valence-corrected chi connectivity index (χ4v) is 1.51. The Morgan fingerprint density at radius 2 is 1.94 bits per heavy atom. The molecule has 0 radical (unpaired) electrons. The minimum Gasteiger partial charge on any atom is -0.481 e. The average Bonchev–Trinajstić information content (AvgIpc) is 2.79. The minimum absolute atomic E-state index is 0.407. The highest BCUT2D eigenvalue weighted by molar-refractivity contribution is 6.30. The number of carboxylic acid groups (broad SMARTS) is 1. The Labute approximate surface area is 109 Å². The third-order valence-electron chi connectivity index (χ3n) is 2.76. The summed E-state index contributed by atoms with van der Waals surface area (Å²) in [6.07, 6.45) is 1.61. The molecule has 0 fully saturated rings. The van der Waals surface area contributed by atoms with Gasteiger partial charge in [0.25, 0.3) is 0 Å². The normalized spacial score (nSPS) is 11.5. The van der Waals surface area contributed by atoms with Gasteiger partial charge in [0.05, 0.1) is 17.6 Å². The third-order valence-corrected chi connectivity index (χ3v) is 3.01. The molecule has 0 unspecified atom stereocenters. The van der Waals surface area contributed by atoms with Gasteiger partial charge in [0.1, 0.15) is 5.41 Å². The van der Waals surface area contributed by atoms with Crippen LogP contribution < -0.4 is 0 Å². The van der Waals surface area contributed by atoms with Gasteiger partial charge in [-0.1, -0.05) is 16.8 Å². The molecule has 1 heterocycles. The zero-order valence-corrected chi connectivity index (χ0v) is 10.7. The number of benzene rings is 1. The standard InChI is InChI=1S/C12H12ClN3O2/c1-12(2,11(17)18)10-7-16(15-14-10)9-5-3-8(13)4-6-9/h3-7H,1-2H3,(H,17,18). The smallest absolute Gasteiger partial charge is 0.315 e. The highest BCUT2D eigenvalue weighted by Crippen LogP contribution is 2.22. The maximum atomic E-state index is 11.1. The fraction of sp³-hybridized carbons (Fsp3) is 0.250. The molecule has 0 atom stereocenters. The van der Waals surface area contributed by atoms with Crippen molar-refractivity contribution >= 4 is 17.6 Å². The van der Waals surface area contributed by atoms with Crippen LogP contribution in [0.1, 0.15) is 19.5 Å². The van der Waals surface area contributed by atoms with Gasteiger partial charge in [0.15, 0.2) is 0 Å². The predicted octanol–water partition coefficient (Wildman–Crippen LogP) is 2.28. The molecule has 5 nitrogen and oxygen atoms in total. The minimum atomic E-state index is -1.06. The summed E-state index contributed by atoms with van der Waals surface area (Å²) in [5.41, 5.74) is 0.120. The van der Waals surface area contributed by atoms with Crippen molar-refractivity contribution in [3.63, 3.8) is 0 Å². The number of aliphatic carboxylic acids is 1. The van der Waals surface area contributed by atoms with Crippen LogP contribution in [0, 0.1) is 0 Å². The molecule has 0 saturated heterocycles. The van der Waals surface area contributed by atoms with Crippen LogP contribution in [0.3, 0.4) is 0 Å². The second-order valence-corrected chi connectivity index (χ2v) is 4.89. The van der Waals surface area contributed by atoms with E-state index >= 15 is 0 Å². The second kappa shape index (κ2) is 4.42. The van der Waals surface area contributed by atoms with Crippen LogP contribution in [0.15, 0.2) is 30.5 Å². The van der Waals surface area contributed by atoms with Crippen molar-refractivity contribution in [2.75, 3.05) is 0 Å². The SMILES string of the molecule is CC(C)(C(=O)O)c1cn(-c2ccc(Cl)cc2)nn1. The summed E-state index contributed by atoms with van der Waals surface area (Å²) >= 11 is 5.80. The number of nitrogens with zero attached hydrogens (tertiary/aromatic N) is 3. The first-order valence-corrected chi connectivity index (χ1v) is 5.71. The van der Waals surface area contributed by atoms with E-state index in [1.807, 2.05) is 0 Å². The largest absolute Gasteiger partial charge is 0.481 e. The number of aromatic nitrogens is 3. The van der Waals surface area contributed by atoms with Crippen molar-refractivity contribution < 1.29 is 9.90 Å². The number of carboxylic acids is 1. The summed E-state index contributed by atoms with van der Waals surface area (Å²) < 4.78 is 1.52. The van der Waals surface area contributed by atoms with E-state index in [0.29, 0.717) is 10.7 Å². The van der Waals surface area contributed by atoms with Crippen LogP contribution in [0.25, 0.3) is 5.69 Å². The Morgan fingerprint density at radius 1 is 1.33 bits per heavy atom. The van der Waals surface area contributed by atoms with Crippen molar-refractivity contribution in [2.24, 2.45) is 0 Å². The molecule has 0 bridgehead atoms. The van der Waals surface area contributed by atoms with Crippen LogP contribution >= 0.6 is 11.6 Å². The van der Waals surface area contributed by atoms with Gasteiger partial charge in [0.2, 0.25) is 0 Å². The summed E-state index contributed by atoms with van der Waals surface area (Å²) in [7, 11) is 0. The fourth-order valence-electron chi connectivity index (χ4n) is 1.38. The molecule has 1 aromatic heterocycles. The zero-order chi connectivity index (χ0) is 13.3. The summed E-state index contributed by atoms with van der Waals surface area (Å²) in [5.74, 6) is -0.939. The van der Waals surface area contributed by atoms with E-state index in [1.54, 1.807) is 44.3 Å². The summed E-state index contributed by atoms with van der Waals surface area (Å²) in [6, 6.07) is 7.05. The highest BCUT2D eigenvalue weighted by atomic mass is 35.5. The first-order chi connectivity index (χ1) is 8.41.